The maximum atomic E-state index is 13.2. The van der Waals surface area contributed by atoms with Crippen LogP contribution in [-0.2, 0) is 19.1 Å². The molecular weight excluding hydrogens is 418 g/mol. The standard InChI is InChI=1S/C27H31NO5/c1-6-31-24-12-10-9-11-21(24)25-22(26(29)32-7-2)16-28(17-23(25)27(30)33-8-3)20-14-18(4)13-19(5)15-20/h9-17,25H,6-8H2,1-5H3. The fraction of sp³-hybridized carbons (Fsp3) is 0.333. The topological polar surface area (TPSA) is 65.1 Å². The summed E-state index contributed by atoms with van der Waals surface area (Å²) in [6, 6.07) is 13.5. The lowest BCUT2D eigenvalue weighted by atomic mass is 9.82. The molecule has 0 aliphatic carbocycles. The smallest absolute Gasteiger partial charge is 0.336 e. The number of hydrogen-bond acceptors (Lipinski definition) is 6. The monoisotopic (exact) mass is 449 g/mol. The van der Waals surface area contributed by atoms with Gasteiger partial charge in [0, 0.05) is 23.7 Å². The number of rotatable bonds is 8. The van der Waals surface area contributed by atoms with Crippen molar-refractivity contribution in [3.8, 4) is 5.75 Å². The van der Waals surface area contributed by atoms with Crippen LogP contribution in [-0.4, -0.2) is 31.8 Å². The van der Waals surface area contributed by atoms with E-state index in [9.17, 15) is 9.59 Å². The Hall–Kier alpha value is -3.54. The molecule has 0 amide bonds. The molecule has 0 spiro atoms. The van der Waals surface area contributed by atoms with Crippen LogP contribution in [0.1, 0.15) is 43.4 Å². The molecule has 0 saturated carbocycles. The molecule has 0 aromatic heterocycles. The summed E-state index contributed by atoms with van der Waals surface area (Å²) in [7, 11) is 0. The third-order valence-electron chi connectivity index (χ3n) is 5.24. The average molecular weight is 450 g/mol. The van der Waals surface area contributed by atoms with Crippen molar-refractivity contribution in [1.82, 2.24) is 0 Å². The predicted octanol–water partition coefficient (Wildman–Crippen LogP) is 5.20. The summed E-state index contributed by atoms with van der Waals surface area (Å²) >= 11 is 0. The molecule has 3 rings (SSSR count). The molecule has 1 aliphatic rings. The van der Waals surface area contributed by atoms with Gasteiger partial charge < -0.3 is 19.1 Å². The van der Waals surface area contributed by atoms with Crippen molar-refractivity contribution in [2.75, 3.05) is 24.7 Å². The molecule has 1 heterocycles. The molecule has 0 bridgehead atoms. The van der Waals surface area contributed by atoms with Crippen molar-refractivity contribution in [2.45, 2.75) is 40.5 Å². The fourth-order valence-corrected chi connectivity index (χ4v) is 4.01. The Bertz CT molecular complexity index is 1030. The van der Waals surface area contributed by atoms with Crippen molar-refractivity contribution in [1.29, 1.82) is 0 Å². The first-order valence-electron chi connectivity index (χ1n) is 11.3. The number of anilines is 1. The number of nitrogens with zero attached hydrogens (tertiary/aromatic N) is 1. The molecular formula is C27H31NO5. The zero-order valence-corrected chi connectivity index (χ0v) is 19.9. The number of hydrogen-bond donors (Lipinski definition) is 0. The zero-order valence-electron chi connectivity index (χ0n) is 19.9. The molecule has 2 aromatic rings. The molecule has 0 saturated heterocycles. The molecule has 33 heavy (non-hydrogen) atoms. The molecule has 0 radical (unpaired) electrons. The Morgan fingerprint density at radius 2 is 1.36 bits per heavy atom. The van der Waals surface area contributed by atoms with Gasteiger partial charge in [0.05, 0.1) is 36.9 Å². The van der Waals surface area contributed by atoms with Crippen LogP contribution >= 0.6 is 0 Å². The number of aryl methyl sites for hydroxylation is 2. The molecule has 0 atom stereocenters. The van der Waals surface area contributed by atoms with Crippen LogP contribution in [0.15, 0.2) is 66.0 Å². The van der Waals surface area contributed by atoms with E-state index in [1.165, 1.54) is 0 Å². The number of esters is 2. The molecule has 6 heteroatoms. The lowest BCUT2D eigenvalue weighted by Crippen LogP contribution is -2.29. The highest BCUT2D eigenvalue weighted by Crippen LogP contribution is 2.42. The zero-order chi connectivity index (χ0) is 24.0. The van der Waals surface area contributed by atoms with Crippen molar-refractivity contribution >= 4 is 17.6 Å². The van der Waals surface area contributed by atoms with Crippen molar-refractivity contribution in [2.24, 2.45) is 0 Å². The number of carbonyl (C=O) groups excluding carboxylic acids is 2. The minimum absolute atomic E-state index is 0.220. The second kappa shape index (κ2) is 10.9. The second-order valence-electron chi connectivity index (χ2n) is 7.77. The Kier molecular flexibility index (Phi) is 7.93. The first-order valence-corrected chi connectivity index (χ1v) is 11.3. The van der Waals surface area contributed by atoms with Crippen LogP contribution in [0, 0.1) is 13.8 Å². The third-order valence-corrected chi connectivity index (χ3v) is 5.24. The van der Waals surface area contributed by atoms with Crippen LogP contribution in [0.2, 0.25) is 0 Å². The Labute approximate surface area is 195 Å². The normalized spacial score (nSPS) is 13.8. The number of ether oxygens (including phenoxy) is 3. The number of benzene rings is 2. The summed E-state index contributed by atoms with van der Waals surface area (Å²) in [6.07, 6.45) is 3.48. The number of para-hydroxylation sites is 1. The maximum absolute atomic E-state index is 13.2. The van der Waals surface area contributed by atoms with Gasteiger partial charge in [-0.25, -0.2) is 9.59 Å². The fourth-order valence-electron chi connectivity index (χ4n) is 4.01. The summed E-state index contributed by atoms with van der Waals surface area (Å²) < 4.78 is 16.6. The minimum atomic E-state index is -0.687. The van der Waals surface area contributed by atoms with Crippen molar-refractivity contribution in [3.05, 3.63) is 82.7 Å². The van der Waals surface area contributed by atoms with E-state index in [1.807, 2.05) is 57.2 Å². The van der Waals surface area contributed by atoms with Gasteiger partial charge in [-0.2, -0.15) is 0 Å². The van der Waals surface area contributed by atoms with E-state index >= 15 is 0 Å². The Balaban J connectivity index is 2.23. The van der Waals surface area contributed by atoms with Crippen molar-refractivity contribution in [3.63, 3.8) is 0 Å². The summed E-state index contributed by atoms with van der Waals surface area (Å²) in [5, 5.41) is 0. The quantitative estimate of drug-likeness (QED) is 0.516. The van der Waals surface area contributed by atoms with E-state index in [4.69, 9.17) is 14.2 Å². The van der Waals surface area contributed by atoms with Gasteiger partial charge in [-0.15, -0.1) is 0 Å². The van der Waals surface area contributed by atoms with E-state index in [1.54, 1.807) is 31.1 Å². The second-order valence-corrected chi connectivity index (χ2v) is 7.77. The van der Waals surface area contributed by atoms with Gasteiger partial charge in [0.1, 0.15) is 5.75 Å². The largest absolute Gasteiger partial charge is 0.494 e. The van der Waals surface area contributed by atoms with Crippen molar-refractivity contribution < 1.29 is 23.8 Å². The van der Waals surface area contributed by atoms with Gasteiger partial charge in [0.25, 0.3) is 0 Å². The highest BCUT2D eigenvalue weighted by molar-refractivity contribution is 6.00. The molecule has 2 aromatic carbocycles. The van der Waals surface area contributed by atoms with Crippen LogP contribution in [0.3, 0.4) is 0 Å². The van der Waals surface area contributed by atoms with E-state index in [0.29, 0.717) is 29.1 Å². The third kappa shape index (κ3) is 5.45. The van der Waals surface area contributed by atoms with E-state index in [2.05, 4.69) is 6.07 Å². The molecule has 174 valence electrons. The molecule has 6 nitrogen and oxygen atoms in total. The van der Waals surface area contributed by atoms with Gasteiger partial charge in [-0.05, 0) is 63.9 Å². The van der Waals surface area contributed by atoms with Crippen LogP contribution in [0.25, 0.3) is 0 Å². The molecule has 0 N–H and O–H groups in total. The maximum Gasteiger partial charge on any atom is 0.336 e. The van der Waals surface area contributed by atoms with E-state index in [0.717, 1.165) is 16.8 Å². The minimum Gasteiger partial charge on any atom is -0.494 e. The van der Waals surface area contributed by atoms with Gasteiger partial charge in [-0.3, -0.25) is 0 Å². The Morgan fingerprint density at radius 1 is 0.818 bits per heavy atom. The van der Waals surface area contributed by atoms with Crippen LogP contribution in [0.5, 0.6) is 5.75 Å². The lowest BCUT2D eigenvalue weighted by molar-refractivity contribution is -0.139. The summed E-state index contributed by atoms with van der Waals surface area (Å²) in [6.45, 7) is 10.3. The van der Waals surface area contributed by atoms with Gasteiger partial charge in [-0.1, -0.05) is 24.3 Å². The first-order chi connectivity index (χ1) is 15.9. The molecule has 1 aliphatic heterocycles. The average Bonchev–Trinajstić information content (AvgIpc) is 2.78. The predicted molar refractivity (Wildman–Crippen MR) is 128 cm³/mol. The van der Waals surface area contributed by atoms with Gasteiger partial charge >= 0.3 is 11.9 Å². The highest BCUT2D eigenvalue weighted by Gasteiger charge is 2.37. The summed E-state index contributed by atoms with van der Waals surface area (Å²) in [5.74, 6) is -1.06. The highest BCUT2D eigenvalue weighted by atomic mass is 16.5. The summed E-state index contributed by atoms with van der Waals surface area (Å²) in [4.78, 5) is 28.1. The summed E-state index contributed by atoms with van der Waals surface area (Å²) in [5.41, 5.74) is 4.38. The van der Waals surface area contributed by atoms with Crippen LogP contribution < -0.4 is 9.64 Å². The Morgan fingerprint density at radius 3 is 1.88 bits per heavy atom. The molecule has 0 fully saturated rings. The van der Waals surface area contributed by atoms with Gasteiger partial charge in [0.2, 0.25) is 0 Å². The number of carbonyl (C=O) groups is 2. The van der Waals surface area contributed by atoms with E-state index < -0.39 is 17.9 Å². The lowest BCUT2D eigenvalue weighted by Gasteiger charge is -2.31. The van der Waals surface area contributed by atoms with E-state index in [-0.39, 0.29) is 13.2 Å². The van der Waals surface area contributed by atoms with Gasteiger partial charge in [0.15, 0.2) is 0 Å². The SMILES string of the molecule is CCOC(=O)C1=CN(c2cc(C)cc(C)c2)C=C(C(=O)OCC)C1c1ccccc1OCC. The first kappa shape index (κ1) is 24.1. The molecule has 0 unspecified atom stereocenters. The van der Waals surface area contributed by atoms with Crippen LogP contribution in [0.4, 0.5) is 5.69 Å².